The van der Waals surface area contributed by atoms with Crippen molar-refractivity contribution in [2.45, 2.75) is 46.2 Å². The molecule has 0 fully saturated rings. The lowest BCUT2D eigenvalue weighted by atomic mass is 9.95. The average molecular weight is 379 g/mol. The van der Waals surface area contributed by atoms with Gasteiger partial charge in [0.1, 0.15) is 5.58 Å². The van der Waals surface area contributed by atoms with Gasteiger partial charge in [0.05, 0.1) is 12.7 Å². The van der Waals surface area contributed by atoms with Gasteiger partial charge >= 0.3 is 0 Å². The minimum absolute atomic E-state index is 0.00836. The first-order valence-electron chi connectivity index (χ1n) is 9.84. The molecule has 1 N–H and O–H groups in total. The zero-order valence-corrected chi connectivity index (χ0v) is 17.5. The maximum atomic E-state index is 12.6. The molecule has 0 atom stereocenters. The average Bonchev–Trinajstić information content (AvgIpc) is 3.01. The van der Waals surface area contributed by atoms with E-state index in [1.807, 2.05) is 26.2 Å². The van der Waals surface area contributed by atoms with Crippen LogP contribution in [0.15, 0.2) is 47.1 Å². The molecule has 0 aliphatic heterocycles. The van der Waals surface area contributed by atoms with Crippen LogP contribution in [0.5, 0.6) is 0 Å². The lowest BCUT2D eigenvalue weighted by Crippen LogP contribution is -2.25. The van der Waals surface area contributed by atoms with E-state index in [9.17, 15) is 4.79 Å². The Labute approximate surface area is 167 Å². The van der Waals surface area contributed by atoms with Crippen molar-refractivity contribution in [1.82, 2.24) is 10.2 Å². The second kappa shape index (κ2) is 8.61. The lowest BCUT2D eigenvalue weighted by molar-refractivity contribution is -0.120. The zero-order valence-electron chi connectivity index (χ0n) is 17.5. The number of aryl methyl sites for hydroxylation is 1. The van der Waals surface area contributed by atoms with Crippen molar-refractivity contribution in [1.29, 1.82) is 0 Å². The molecule has 0 radical (unpaired) electrons. The predicted octanol–water partition coefficient (Wildman–Crippen LogP) is 4.79. The number of nitrogens with one attached hydrogen (secondary N) is 1. The van der Waals surface area contributed by atoms with E-state index in [-0.39, 0.29) is 5.91 Å². The third-order valence-electron chi connectivity index (χ3n) is 5.10. The van der Waals surface area contributed by atoms with Crippen molar-refractivity contribution in [2.75, 3.05) is 14.1 Å². The highest BCUT2D eigenvalue weighted by molar-refractivity contribution is 5.88. The number of carbonyl (C=O) groups is 1. The van der Waals surface area contributed by atoms with Gasteiger partial charge in [0, 0.05) is 24.0 Å². The van der Waals surface area contributed by atoms with Crippen LogP contribution in [0.25, 0.3) is 11.0 Å². The summed E-state index contributed by atoms with van der Waals surface area (Å²) in [6.07, 6.45) is 2.04. The van der Waals surface area contributed by atoms with Crippen LogP contribution >= 0.6 is 0 Å². The number of amides is 1. The van der Waals surface area contributed by atoms with Gasteiger partial charge in [-0.25, -0.2) is 0 Å². The maximum Gasteiger partial charge on any atom is 0.224 e. The van der Waals surface area contributed by atoms with E-state index in [0.717, 1.165) is 28.6 Å². The summed E-state index contributed by atoms with van der Waals surface area (Å²) in [4.78, 5) is 14.7. The van der Waals surface area contributed by atoms with Crippen molar-refractivity contribution in [3.05, 3.63) is 70.5 Å². The van der Waals surface area contributed by atoms with E-state index in [1.165, 1.54) is 16.7 Å². The van der Waals surface area contributed by atoms with Crippen LogP contribution in [0.3, 0.4) is 0 Å². The zero-order chi connectivity index (χ0) is 20.3. The van der Waals surface area contributed by atoms with Gasteiger partial charge in [-0.05, 0) is 61.3 Å². The van der Waals surface area contributed by atoms with Gasteiger partial charge in [-0.15, -0.1) is 0 Å². The molecular weight excluding hydrogens is 348 g/mol. The summed E-state index contributed by atoms with van der Waals surface area (Å²) in [5.41, 5.74) is 6.70. The number of nitrogens with zero attached hydrogens (tertiary/aromatic N) is 1. The Morgan fingerprint density at radius 3 is 2.50 bits per heavy atom. The van der Waals surface area contributed by atoms with Gasteiger partial charge < -0.3 is 14.6 Å². The van der Waals surface area contributed by atoms with Crippen LogP contribution in [0.4, 0.5) is 0 Å². The van der Waals surface area contributed by atoms with Gasteiger partial charge in [0.15, 0.2) is 0 Å². The summed E-state index contributed by atoms with van der Waals surface area (Å²) < 4.78 is 5.71. The molecule has 0 aliphatic carbocycles. The molecular formula is C24H30N2O2. The SMILES string of the molecule is Cc1cc2occ(CC(=O)NCc3ccccc3CN(C)C)c2cc1C(C)C. The molecule has 1 heterocycles. The molecule has 0 unspecified atom stereocenters. The minimum Gasteiger partial charge on any atom is -0.464 e. The highest BCUT2D eigenvalue weighted by Crippen LogP contribution is 2.29. The van der Waals surface area contributed by atoms with Crippen LogP contribution in [-0.4, -0.2) is 24.9 Å². The first kappa shape index (κ1) is 20.2. The molecule has 0 bridgehead atoms. The van der Waals surface area contributed by atoms with Gasteiger partial charge in [0.25, 0.3) is 0 Å². The fourth-order valence-electron chi connectivity index (χ4n) is 3.66. The third-order valence-corrected chi connectivity index (χ3v) is 5.10. The van der Waals surface area contributed by atoms with E-state index in [2.05, 4.69) is 55.3 Å². The second-order valence-electron chi connectivity index (χ2n) is 8.08. The van der Waals surface area contributed by atoms with Crippen LogP contribution < -0.4 is 5.32 Å². The highest BCUT2D eigenvalue weighted by Gasteiger charge is 2.14. The molecule has 4 nitrogen and oxygen atoms in total. The van der Waals surface area contributed by atoms with Gasteiger partial charge in [0.2, 0.25) is 5.91 Å². The van der Waals surface area contributed by atoms with Crippen LogP contribution in [0.1, 0.15) is 47.6 Å². The third kappa shape index (κ3) is 4.63. The number of hydrogen-bond acceptors (Lipinski definition) is 3. The number of fused-ring (bicyclic) bond motifs is 1. The normalized spacial score (nSPS) is 11.5. The molecule has 0 saturated heterocycles. The summed E-state index contributed by atoms with van der Waals surface area (Å²) in [5.74, 6) is 0.447. The number of carbonyl (C=O) groups excluding carboxylic acids is 1. The Kier molecular flexibility index (Phi) is 6.20. The number of hydrogen-bond donors (Lipinski definition) is 1. The van der Waals surface area contributed by atoms with Crippen molar-refractivity contribution < 1.29 is 9.21 Å². The fourth-order valence-corrected chi connectivity index (χ4v) is 3.66. The van der Waals surface area contributed by atoms with Gasteiger partial charge in [-0.3, -0.25) is 4.79 Å². The smallest absolute Gasteiger partial charge is 0.224 e. The number of benzene rings is 2. The fraction of sp³-hybridized carbons (Fsp3) is 0.375. The van der Waals surface area contributed by atoms with Gasteiger partial charge in [-0.1, -0.05) is 38.1 Å². The van der Waals surface area contributed by atoms with E-state index >= 15 is 0 Å². The molecule has 2 aromatic carbocycles. The topological polar surface area (TPSA) is 45.5 Å². The predicted molar refractivity (Wildman–Crippen MR) is 114 cm³/mol. The molecule has 0 saturated carbocycles. The molecule has 148 valence electrons. The summed E-state index contributed by atoms with van der Waals surface area (Å²) in [6.45, 7) is 7.87. The van der Waals surface area contributed by atoms with E-state index in [0.29, 0.717) is 18.9 Å². The molecule has 0 spiro atoms. The van der Waals surface area contributed by atoms with Crippen molar-refractivity contribution in [3.63, 3.8) is 0 Å². The number of rotatable bonds is 7. The molecule has 3 aromatic rings. The van der Waals surface area contributed by atoms with Gasteiger partial charge in [-0.2, -0.15) is 0 Å². The van der Waals surface area contributed by atoms with Crippen molar-refractivity contribution in [2.24, 2.45) is 0 Å². The first-order chi connectivity index (χ1) is 13.3. The molecule has 3 rings (SSSR count). The first-order valence-corrected chi connectivity index (χ1v) is 9.84. The standard InChI is InChI=1S/C24H30N2O2/c1-16(2)21-12-22-20(15-28-23(22)10-17(21)3)11-24(27)25-13-18-8-6-7-9-19(18)14-26(4)5/h6-10,12,15-16H,11,13-14H2,1-5H3,(H,25,27). The Hall–Kier alpha value is -2.59. The van der Waals surface area contributed by atoms with Crippen LogP contribution in [-0.2, 0) is 24.3 Å². The molecule has 1 amide bonds. The van der Waals surface area contributed by atoms with Crippen LogP contribution in [0, 0.1) is 6.92 Å². The summed E-state index contributed by atoms with van der Waals surface area (Å²) >= 11 is 0. The maximum absolute atomic E-state index is 12.6. The Morgan fingerprint density at radius 1 is 1.11 bits per heavy atom. The Morgan fingerprint density at radius 2 is 1.82 bits per heavy atom. The molecule has 28 heavy (non-hydrogen) atoms. The van der Waals surface area contributed by atoms with E-state index in [4.69, 9.17) is 4.42 Å². The van der Waals surface area contributed by atoms with Crippen molar-refractivity contribution in [3.8, 4) is 0 Å². The number of furan rings is 1. The lowest BCUT2D eigenvalue weighted by Gasteiger charge is -2.14. The van der Waals surface area contributed by atoms with Crippen molar-refractivity contribution >= 4 is 16.9 Å². The largest absolute Gasteiger partial charge is 0.464 e. The van der Waals surface area contributed by atoms with E-state index in [1.54, 1.807) is 6.26 Å². The molecule has 4 heteroatoms. The Balaban J connectivity index is 1.71. The van der Waals surface area contributed by atoms with Crippen LogP contribution in [0.2, 0.25) is 0 Å². The second-order valence-corrected chi connectivity index (χ2v) is 8.08. The Bertz CT molecular complexity index is 970. The molecule has 0 aliphatic rings. The summed E-state index contributed by atoms with van der Waals surface area (Å²) in [7, 11) is 4.10. The van der Waals surface area contributed by atoms with E-state index < -0.39 is 0 Å². The summed E-state index contributed by atoms with van der Waals surface area (Å²) in [5, 5.41) is 4.10. The minimum atomic E-state index is 0.00836. The summed E-state index contributed by atoms with van der Waals surface area (Å²) in [6, 6.07) is 12.5. The highest BCUT2D eigenvalue weighted by atomic mass is 16.3. The monoisotopic (exact) mass is 378 g/mol. The quantitative estimate of drug-likeness (QED) is 0.643. The molecule has 1 aromatic heterocycles.